The molecule has 1 atom stereocenters. The molecule has 0 radical (unpaired) electrons. The number of aliphatic hydroxyl groups is 1. The SMILES string of the molecule is OC(/C(Br)=C/c1cccc(OC(F)(F)F)c1)C(F)(F)F. The lowest BCUT2D eigenvalue weighted by Gasteiger charge is -2.14. The van der Waals surface area contributed by atoms with Crippen molar-refractivity contribution in [3.05, 3.63) is 34.3 Å². The number of rotatable bonds is 3. The van der Waals surface area contributed by atoms with Gasteiger partial charge in [-0.2, -0.15) is 13.2 Å². The minimum atomic E-state index is -4.90. The Hall–Kier alpha value is -1.22. The second kappa shape index (κ2) is 6.04. The zero-order valence-electron chi connectivity index (χ0n) is 9.47. The van der Waals surface area contributed by atoms with Crippen LogP contribution in [0, 0.1) is 0 Å². The highest BCUT2D eigenvalue weighted by atomic mass is 79.9. The molecule has 0 aliphatic heterocycles. The van der Waals surface area contributed by atoms with Crippen LogP contribution in [0.3, 0.4) is 0 Å². The molecule has 0 saturated carbocycles. The van der Waals surface area contributed by atoms with Gasteiger partial charge < -0.3 is 9.84 Å². The Balaban J connectivity index is 2.96. The summed E-state index contributed by atoms with van der Waals surface area (Å²) in [5, 5.41) is 8.92. The number of benzene rings is 1. The molecule has 0 fully saturated rings. The Morgan fingerprint density at radius 3 is 2.30 bits per heavy atom. The van der Waals surface area contributed by atoms with Crippen LogP contribution >= 0.6 is 15.9 Å². The molecule has 9 heteroatoms. The highest BCUT2D eigenvalue weighted by Gasteiger charge is 2.40. The predicted molar refractivity (Wildman–Crippen MR) is 62.1 cm³/mol. The molecule has 1 aromatic carbocycles. The standard InChI is InChI=1S/C11H7BrF6O2/c12-8(9(19)10(13,14)15)5-6-2-1-3-7(4-6)20-11(16,17)18/h1-5,9,19H/b8-5-. The number of aliphatic hydroxyl groups excluding tert-OH is 1. The van der Waals surface area contributed by atoms with E-state index in [2.05, 4.69) is 20.7 Å². The second-order valence-electron chi connectivity index (χ2n) is 3.59. The van der Waals surface area contributed by atoms with Crippen molar-refractivity contribution < 1.29 is 36.2 Å². The number of hydrogen-bond acceptors (Lipinski definition) is 2. The van der Waals surface area contributed by atoms with Gasteiger partial charge in [-0.15, -0.1) is 13.2 Å². The number of halogens is 7. The van der Waals surface area contributed by atoms with Gasteiger partial charge in [0.2, 0.25) is 0 Å². The summed E-state index contributed by atoms with van der Waals surface area (Å²) in [5.74, 6) is -0.576. The third kappa shape index (κ3) is 5.41. The fourth-order valence-electron chi connectivity index (χ4n) is 1.20. The monoisotopic (exact) mass is 364 g/mol. The van der Waals surface area contributed by atoms with Gasteiger partial charge in [-0.05, 0) is 23.8 Å². The van der Waals surface area contributed by atoms with E-state index in [1.807, 2.05) is 0 Å². The Morgan fingerprint density at radius 2 is 1.80 bits per heavy atom. The molecule has 0 amide bonds. The maximum absolute atomic E-state index is 12.2. The quantitative estimate of drug-likeness (QED) is 0.812. The molecule has 0 saturated heterocycles. The maximum Gasteiger partial charge on any atom is 0.573 e. The predicted octanol–water partition coefficient (Wildman–Crippen LogP) is 4.24. The molecule has 20 heavy (non-hydrogen) atoms. The number of hydrogen-bond donors (Lipinski definition) is 1. The van der Waals surface area contributed by atoms with Crippen LogP contribution in [-0.4, -0.2) is 23.7 Å². The van der Waals surface area contributed by atoms with E-state index in [0.717, 1.165) is 18.2 Å². The molecule has 0 heterocycles. The lowest BCUT2D eigenvalue weighted by molar-refractivity contribution is -0.274. The summed E-state index contributed by atoms with van der Waals surface area (Å²) in [6, 6.07) is 4.32. The average Bonchev–Trinajstić information content (AvgIpc) is 2.24. The van der Waals surface area contributed by atoms with Crippen LogP contribution in [0.5, 0.6) is 5.75 Å². The van der Waals surface area contributed by atoms with Gasteiger partial charge in [-0.1, -0.05) is 28.1 Å². The molecule has 0 spiro atoms. The van der Waals surface area contributed by atoms with Crippen molar-refractivity contribution in [2.24, 2.45) is 0 Å². The first-order valence-corrected chi connectivity index (χ1v) is 5.76. The van der Waals surface area contributed by atoms with Gasteiger partial charge in [-0.3, -0.25) is 0 Å². The first-order chi connectivity index (χ1) is 8.99. The van der Waals surface area contributed by atoms with Crippen LogP contribution in [0.4, 0.5) is 26.3 Å². The third-order valence-corrected chi connectivity index (χ3v) is 2.63. The van der Waals surface area contributed by atoms with Gasteiger partial charge in [0.05, 0.1) is 0 Å². The largest absolute Gasteiger partial charge is 0.573 e. The minimum absolute atomic E-state index is 0.00178. The van der Waals surface area contributed by atoms with E-state index < -0.39 is 28.9 Å². The van der Waals surface area contributed by atoms with Crippen LogP contribution in [0.15, 0.2) is 28.7 Å². The van der Waals surface area contributed by atoms with Gasteiger partial charge in [-0.25, -0.2) is 0 Å². The highest BCUT2D eigenvalue weighted by Crippen LogP contribution is 2.30. The van der Waals surface area contributed by atoms with Crippen LogP contribution in [0.2, 0.25) is 0 Å². The highest BCUT2D eigenvalue weighted by molar-refractivity contribution is 9.11. The Kier molecular flexibility index (Phi) is 5.09. The zero-order valence-corrected chi connectivity index (χ0v) is 11.1. The fraction of sp³-hybridized carbons (Fsp3) is 0.273. The normalized spacial score (nSPS) is 15.1. The summed E-state index contributed by atoms with van der Waals surface area (Å²) in [6.45, 7) is 0. The third-order valence-electron chi connectivity index (χ3n) is 1.97. The molecule has 112 valence electrons. The van der Waals surface area contributed by atoms with Gasteiger partial charge in [0, 0.05) is 4.48 Å². The molecule has 0 aliphatic rings. The van der Waals surface area contributed by atoms with Crippen molar-refractivity contribution in [3.63, 3.8) is 0 Å². The van der Waals surface area contributed by atoms with Gasteiger partial charge >= 0.3 is 12.5 Å². The fourth-order valence-corrected chi connectivity index (χ4v) is 1.72. The summed E-state index contributed by atoms with van der Waals surface area (Å²) in [5.41, 5.74) is 0.00178. The molecule has 1 aromatic rings. The van der Waals surface area contributed by atoms with Crippen molar-refractivity contribution in [1.82, 2.24) is 0 Å². The molecule has 0 bridgehead atoms. The Bertz CT molecular complexity index is 494. The summed E-state index contributed by atoms with van der Waals surface area (Å²) >= 11 is 2.53. The second-order valence-corrected chi connectivity index (χ2v) is 4.51. The van der Waals surface area contributed by atoms with Crippen LogP contribution in [0.1, 0.15) is 5.56 Å². The molecular weight excluding hydrogens is 358 g/mol. The Morgan fingerprint density at radius 1 is 1.20 bits per heavy atom. The summed E-state index contributed by atoms with van der Waals surface area (Å²) in [4.78, 5) is 0. The minimum Gasteiger partial charge on any atom is -0.406 e. The molecule has 0 aromatic heterocycles. The molecule has 1 unspecified atom stereocenters. The first kappa shape index (κ1) is 16.8. The van der Waals surface area contributed by atoms with Crippen molar-refractivity contribution >= 4 is 22.0 Å². The van der Waals surface area contributed by atoms with Gasteiger partial charge in [0.25, 0.3) is 0 Å². The lowest BCUT2D eigenvalue weighted by atomic mass is 10.1. The summed E-state index contributed by atoms with van der Waals surface area (Å²) in [7, 11) is 0. The van der Waals surface area contributed by atoms with Crippen LogP contribution in [0.25, 0.3) is 6.08 Å². The van der Waals surface area contributed by atoms with Crippen molar-refractivity contribution in [2.45, 2.75) is 18.6 Å². The zero-order chi connectivity index (χ0) is 15.6. The first-order valence-electron chi connectivity index (χ1n) is 4.97. The summed E-state index contributed by atoms with van der Waals surface area (Å²) in [6.07, 6.45) is -11.7. The van der Waals surface area contributed by atoms with E-state index in [9.17, 15) is 26.3 Å². The average molecular weight is 365 g/mol. The van der Waals surface area contributed by atoms with Crippen LogP contribution in [-0.2, 0) is 0 Å². The maximum atomic E-state index is 12.2. The number of alkyl halides is 6. The molecule has 2 nitrogen and oxygen atoms in total. The van der Waals surface area contributed by atoms with Gasteiger partial charge in [0.15, 0.2) is 6.10 Å². The van der Waals surface area contributed by atoms with E-state index in [4.69, 9.17) is 5.11 Å². The van der Waals surface area contributed by atoms with Crippen molar-refractivity contribution in [1.29, 1.82) is 0 Å². The van der Waals surface area contributed by atoms with E-state index in [0.29, 0.717) is 0 Å². The smallest absolute Gasteiger partial charge is 0.406 e. The molecule has 0 aliphatic carbocycles. The Labute approximate surface area is 117 Å². The molecular formula is C11H7BrF6O2. The summed E-state index contributed by atoms with van der Waals surface area (Å²) < 4.78 is 75.6. The topological polar surface area (TPSA) is 29.5 Å². The van der Waals surface area contributed by atoms with E-state index in [-0.39, 0.29) is 5.56 Å². The van der Waals surface area contributed by atoms with Crippen molar-refractivity contribution in [3.8, 4) is 5.75 Å². The van der Waals surface area contributed by atoms with E-state index >= 15 is 0 Å². The lowest BCUT2D eigenvalue weighted by Crippen LogP contribution is -2.28. The number of ether oxygens (including phenoxy) is 1. The van der Waals surface area contributed by atoms with E-state index in [1.165, 1.54) is 12.1 Å². The molecule has 1 N–H and O–H groups in total. The van der Waals surface area contributed by atoms with Crippen molar-refractivity contribution in [2.75, 3.05) is 0 Å². The van der Waals surface area contributed by atoms with Gasteiger partial charge in [0.1, 0.15) is 5.75 Å². The molecule has 1 rings (SSSR count). The van der Waals surface area contributed by atoms with Crippen LogP contribution < -0.4 is 4.74 Å². The van der Waals surface area contributed by atoms with E-state index in [1.54, 1.807) is 0 Å².